The minimum atomic E-state index is -0.145. The van der Waals surface area contributed by atoms with Crippen molar-refractivity contribution in [3.63, 3.8) is 0 Å². The van der Waals surface area contributed by atoms with Gasteiger partial charge in [0.15, 0.2) is 0 Å². The van der Waals surface area contributed by atoms with Crippen LogP contribution in [0.1, 0.15) is 17.0 Å². The van der Waals surface area contributed by atoms with E-state index in [1.54, 1.807) is 0 Å². The number of hydrogen-bond acceptors (Lipinski definition) is 3. The van der Waals surface area contributed by atoms with E-state index in [4.69, 9.17) is 5.10 Å². The number of benzene rings is 3. The van der Waals surface area contributed by atoms with E-state index in [9.17, 15) is 5.11 Å². The molecule has 4 rings (SSSR count). The van der Waals surface area contributed by atoms with Crippen molar-refractivity contribution in [2.24, 2.45) is 5.10 Å². The molecule has 1 heterocycles. The molecule has 1 aliphatic rings. The third-order valence-electron chi connectivity index (χ3n) is 4.72. The van der Waals surface area contributed by atoms with Crippen molar-refractivity contribution in [2.75, 3.05) is 11.6 Å². The van der Waals surface area contributed by atoms with Crippen LogP contribution in [0.3, 0.4) is 0 Å². The van der Waals surface area contributed by atoms with E-state index < -0.39 is 0 Å². The Morgan fingerprint density at radius 2 is 1.46 bits per heavy atom. The predicted octanol–water partition coefficient (Wildman–Crippen LogP) is 4.82. The zero-order valence-corrected chi connectivity index (χ0v) is 15.8. The van der Waals surface area contributed by atoms with Gasteiger partial charge >= 0.3 is 0 Å². The van der Waals surface area contributed by atoms with Gasteiger partial charge in [-0.25, -0.2) is 0 Å². The molecule has 1 N–H and O–H groups in total. The van der Waals surface area contributed by atoms with Crippen LogP contribution in [0, 0.1) is 0 Å². The van der Waals surface area contributed by atoms with Crippen molar-refractivity contribution in [1.82, 2.24) is 0 Å². The molecule has 1 aliphatic heterocycles. The van der Waals surface area contributed by atoms with Gasteiger partial charge in [-0.05, 0) is 35.4 Å². The molecule has 0 unspecified atom stereocenters. The normalized spacial score (nSPS) is 19.5. The number of hydrogen-bond donors (Lipinski definition) is 1. The summed E-state index contributed by atoms with van der Waals surface area (Å²) < 4.78 is 1.02. The number of nitrogens with zero attached hydrogens (tertiary/aromatic N) is 2. The largest absolute Gasteiger partial charge is 0.394 e. The fraction of sp³-hybridized carbons (Fsp3) is 0.136. The molecule has 0 radical (unpaired) electrons. The van der Waals surface area contributed by atoms with Crippen LogP contribution in [0.2, 0.25) is 0 Å². The number of aliphatic hydroxyl groups excluding tert-OH is 1. The number of anilines is 1. The lowest BCUT2D eigenvalue weighted by atomic mass is 9.85. The lowest BCUT2D eigenvalue weighted by Crippen LogP contribution is -2.35. The van der Waals surface area contributed by atoms with Crippen LogP contribution in [-0.2, 0) is 0 Å². The highest BCUT2D eigenvalue weighted by Gasteiger charge is 2.39. The van der Waals surface area contributed by atoms with Crippen molar-refractivity contribution >= 4 is 27.3 Å². The Kier molecular flexibility index (Phi) is 4.87. The average molecular weight is 407 g/mol. The first-order valence-corrected chi connectivity index (χ1v) is 9.42. The average Bonchev–Trinajstić information content (AvgIpc) is 3.09. The topological polar surface area (TPSA) is 35.8 Å². The highest BCUT2D eigenvalue weighted by Crippen LogP contribution is 2.37. The second kappa shape index (κ2) is 7.44. The Hall–Kier alpha value is -2.43. The summed E-state index contributed by atoms with van der Waals surface area (Å²) in [6.45, 7) is 0.0233. The van der Waals surface area contributed by atoms with Gasteiger partial charge in [-0.3, -0.25) is 5.01 Å². The summed E-state index contributed by atoms with van der Waals surface area (Å²) in [5.74, 6) is 0.00671. The van der Waals surface area contributed by atoms with Gasteiger partial charge in [0.1, 0.15) is 0 Å². The second-order valence-corrected chi connectivity index (χ2v) is 7.23. The second-order valence-electron chi connectivity index (χ2n) is 6.31. The third kappa shape index (κ3) is 3.18. The molecule has 2 atom stereocenters. The summed E-state index contributed by atoms with van der Waals surface area (Å²) in [5, 5.41) is 17.1. The molecule has 3 nitrogen and oxygen atoms in total. The molecule has 3 aromatic carbocycles. The maximum Gasteiger partial charge on any atom is 0.0881 e. The van der Waals surface area contributed by atoms with Gasteiger partial charge in [0, 0.05) is 4.47 Å². The minimum Gasteiger partial charge on any atom is -0.394 e. The van der Waals surface area contributed by atoms with Crippen LogP contribution in [0.15, 0.2) is 94.5 Å². The summed E-state index contributed by atoms with van der Waals surface area (Å²) in [6.07, 6.45) is 0. The van der Waals surface area contributed by atoms with Crippen LogP contribution >= 0.6 is 15.9 Å². The van der Waals surface area contributed by atoms with Gasteiger partial charge in [0.25, 0.3) is 0 Å². The van der Waals surface area contributed by atoms with E-state index in [1.807, 2.05) is 65.7 Å². The SMILES string of the molecule is OC[C@H]1[C@H](c2ccccc2)C(c2ccccc2)=NN1c1ccc(Br)cc1. The van der Waals surface area contributed by atoms with E-state index in [-0.39, 0.29) is 18.6 Å². The van der Waals surface area contributed by atoms with Gasteiger partial charge in [-0.15, -0.1) is 0 Å². The minimum absolute atomic E-state index is 0.00671. The summed E-state index contributed by atoms with van der Waals surface area (Å²) >= 11 is 3.48. The van der Waals surface area contributed by atoms with Crippen molar-refractivity contribution in [3.8, 4) is 0 Å². The monoisotopic (exact) mass is 406 g/mol. The van der Waals surface area contributed by atoms with Gasteiger partial charge < -0.3 is 5.11 Å². The first-order valence-electron chi connectivity index (χ1n) is 8.62. The summed E-state index contributed by atoms with van der Waals surface area (Å²) in [6, 6.07) is 28.4. The smallest absolute Gasteiger partial charge is 0.0881 e. The molecule has 130 valence electrons. The lowest BCUT2D eigenvalue weighted by Gasteiger charge is -2.26. The maximum atomic E-state index is 10.2. The summed E-state index contributed by atoms with van der Waals surface area (Å²) in [5.41, 5.74) is 4.20. The Labute approximate surface area is 161 Å². The zero-order valence-electron chi connectivity index (χ0n) is 14.2. The van der Waals surface area contributed by atoms with Crippen LogP contribution < -0.4 is 5.01 Å². The zero-order chi connectivity index (χ0) is 17.9. The molecule has 0 bridgehead atoms. The lowest BCUT2D eigenvalue weighted by molar-refractivity contribution is 0.259. The number of halogens is 1. The predicted molar refractivity (Wildman–Crippen MR) is 110 cm³/mol. The van der Waals surface area contributed by atoms with E-state index in [1.165, 1.54) is 0 Å². The maximum absolute atomic E-state index is 10.2. The molecular formula is C22H19BrN2O. The van der Waals surface area contributed by atoms with Crippen LogP contribution in [-0.4, -0.2) is 23.5 Å². The van der Waals surface area contributed by atoms with Gasteiger partial charge in [-0.2, -0.15) is 5.10 Å². The van der Waals surface area contributed by atoms with Crippen LogP contribution in [0.5, 0.6) is 0 Å². The molecule has 0 aromatic heterocycles. The Morgan fingerprint density at radius 1 is 0.846 bits per heavy atom. The molecule has 0 aliphatic carbocycles. The van der Waals surface area contributed by atoms with Gasteiger partial charge in [0.05, 0.1) is 30.0 Å². The molecular weight excluding hydrogens is 388 g/mol. The fourth-order valence-electron chi connectivity index (χ4n) is 3.49. The molecule has 0 saturated heterocycles. The highest BCUT2D eigenvalue weighted by atomic mass is 79.9. The van der Waals surface area contributed by atoms with Gasteiger partial charge in [-0.1, -0.05) is 76.6 Å². The Balaban J connectivity index is 1.83. The van der Waals surface area contributed by atoms with Crippen molar-refractivity contribution in [3.05, 3.63) is 101 Å². The quantitative estimate of drug-likeness (QED) is 0.673. The molecule has 0 saturated carbocycles. The Morgan fingerprint density at radius 3 is 2.08 bits per heavy atom. The molecule has 0 spiro atoms. The molecule has 0 amide bonds. The van der Waals surface area contributed by atoms with E-state index >= 15 is 0 Å². The molecule has 0 fully saturated rings. The third-order valence-corrected chi connectivity index (χ3v) is 5.24. The van der Waals surface area contributed by atoms with Crippen LogP contribution in [0.25, 0.3) is 0 Å². The van der Waals surface area contributed by atoms with E-state index in [0.717, 1.165) is 27.0 Å². The summed E-state index contributed by atoms with van der Waals surface area (Å²) in [7, 11) is 0. The number of aliphatic hydroxyl groups is 1. The first kappa shape index (κ1) is 17.0. The number of rotatable bonds is 4. The fourth-order valence-corrected chi connectivity index (χ4v) is 3.75. The molecule has 3 aromatic rings. The van der Waals surface area contributed by atoms with Crippen molar-refractivity contribution < 1.29 is 5.11 Å². The Bertz CT molecular complexity index is 894. The van der Waals surface area contributed by atoms with Gasteiger partial charge in [0.2, 0.25) is 0 Å². The number of hydrazone groups is 1. The molecule has 26 heavy (non-hydrogen) atoms. The highest BCUT2D eigenvalue weighted by molar-refractivity contribution is 9.10. The van der Waals surface area contributed by atoms with Crippen molar-refractivity contribution in [2.45, 2.75) is 12.0 Å². The van der Waals surface area contributed by atoms with Crippen molar-refractivity contribution in [1.29, 1.82) is 0 Å². The molecule has 4 heteroatoms. The first-order chi connectivity index (χ1) is 12.8. The van der Waals surface area contributed by atoms with E-state index in [2.05, 4.69) is 40.2 Å². The standard InChI is InChI=1S/C22H19BrN2O/c23-18-11-13-19(14-12-18)25-20(15-26)21(16-7-3-1-4-8-16)22(24-25)17-9-5-2-6-10-17/h1-14,20-21,26H,15H2/t20-,21-/m0/s1. The summed E-state index contributed by atoms with van der Waals surface area (Å²) in [4.78, 5) is 0. The van der Waals surface area contributed by atoms with Crippen LogP contribution in [0.4, 0.5) is 5.69 Å². The van der Waals surface area contributed by atoms with E-state index in [0.29, 0.717) is 0 Å².